The summed E-state index contributed by atoms with van der Waals surface area (Å²) in [6.45, 7) is 1.85. The Morgan fingerprint density at radius 3 is 2.44 bits per heavy atom. The lowest BCUT2D eigenvalue weighted by atomic mass is 10.2. The second kappa shape index (κ2) is 5.67. The summed E-state index contributed by atoms with van der Waals surface area (Å²) in [6, 6.07) is 3.95. The standard InChI is InChI=1S/C11H16FNO3/c1-7(11(15-2)16-3)13-8-4-5-10(14)9(12)6-8/h4-7,11,13-14H,1-3H3. The zero-order valence-electron chi connectivity index (χ0n) is 9.53. The summed E-state index contributed by atoms with van der Waals surface area (Å²) in [5, 5.41) is 12.0. The molecule has 1 unspecified atom stereocenters. The Morgan fingerprint density at radius 1 is 1.31 bits per heavy atom. The molecule has 0 fully saturated rings. The van der Waals surface area contributed by atoms with Crippen LogP contribution in [0.4, 0.5) is 10.1 Å². The number of benzene rings is 1. The van der Waals surface area contributed by atoms with E-state index in [4.69, 9.17) is 14.6 Å². The molecule has 0 heterocycles. The van der Waals surface area contributed by atoms with Gasteiger partial charge in [-0.15, -0.1) is 0 Å². The molecule has 0 spiro atoms. The second-order valence-electron chi connectivity index (χ2n) is 3.44. The summed E-state index contributed by atoms with van der Waals surface area (Å²) in [5.41, 5.74) is 0.557. The molecule has 4 nitrogen and oxygen atoms in total. The van der Waals surface area contributed by atoms with E-state index < -0.39 is 12.1 Å². The molecule has 1 rings (SSSR count). The normalized spacial score (nSPS) is 12.8. The van der Waals surface area contributed by atoms with E-state index in [1.54, 1.807) is 6.07 Å². The number of halogens is 1. The van der Waals surface area contributed by atoms with Gasteiger partial charge in [0, 0.05) is 26.0 Å². The van der Waals surface area contributed by atoms with Crippen molar-refractivity contribution in [3.8, 4) is 5.75 Å². The van der Waals surface area contributed by atoms with Crippen molar-refractivity contribution in [3.63, 3.8) is 0 Å². The molecule has 0 aliphatic heterocycles. The third kappa shape index (κ3) is 3.08. The summed E-state index contributed by atoms with van der Waals surface area (Å²) < 4.78 is 23.2. The van der Waals surface area contributed by atoms with E-state index in [0.717, 1.165) is 0 Å². The zero-order chi connectivity index (χ0) is 12.1. The van der Waals surface area contributed by atoms with E-state index in [1.165, 1.54) is 26.4 Å². The fourth-order valence-electron chi connectivity index (χ4n) is 1.43. The minimum atomic E-state index is -0.663. The molecule has 1 atom stereocenters. The van der Waals surface area contributed by atoms with E-state index >= 15 is 0 Å². The largest absolute Gasteiger partial charge is 0.505 e. The van der Waals surface area contributed by atoms with Gasteiger partial charge in [0.25, 0.3) is 0 Å². The first-order valence-electron chi connectivity index (χ1n) is 4.89. The lowest BCUT2D eigenvalue weighted by molar-refractivity contribution is -0.109. The molecule has 1 aromatic carbocycles. The molecule has 90 valence electrons. The van der Waals surface area contributed by atoms with Crippen LogP contribution in [0.5, 0.6) is 5.75 Å². The molecule has 0 amide bonds. The molecular weight excluding hydrogens is 213 g/mol. The van der Waals surface area contributed by atoms with Crippen LogP contribution in [0.15, 0.2) is 18.2 Å². The van der Waals surface area contributed by atoms with E-state index in [-0.39, 0.29) is 11.8 Å². The molecule has 0 saturated heterocycles. The predicted octanol–water partition coefficient (Wildman–Crippen LogP) is 1.95. The lowest BCUT2D eigenvalue weighted by Crippen LogP contribution is -2.33. The van der Waals surface area contributed by atoms with Crippen LogP contribution in [0.1, 0.15) is 6.92 Å². The molecule has 1 aromatic rings. The maximum absolute atomic E-state index is 13.0. The minimum Gasteiger partial charge on any atom is -0.505 e. The third-order valence-electron chi connectivity index (χ3n) is 2.21. The van der Waals surface area contributed by atoms with Gasteiger partial charge in [-0.2, -0.15) is 0 Å². The van der Waals surface area contributed by atoms with E-state index in [0.29, 0.717) is 5.69 Å². The third-order valence-corrected chi connectivity index (χ3v) is 2.21. The van der Waals surface area contributed by atoms with Gasteiger partial charge in [0.05, 0.1) is 6.04 Å². The van der Waals surface area contributed by atoms with Crippen LogP contribution in [0.2, 0.25) is 0 Å². The average Bonchev–Trinajstić information content (AvgIpc) is 2.25. The number of nitrogens with one attached hydrogen (secondary N) is 1. The van der Waals surface area contributed by atoms with Crippen molar-refractivity contribution >= 4 is 5.69 Å². The number of phenols is 1. The van der Waals surface area contributed by atoms with E-state index in [2.05, 4.69) is 5.32 Å². The van der Waals surface area contributed by atoms with Crippen molar-refractivity contribution in [2.75, 3.05) is 19.5 Å². The minimum absolute atomic E-state index is 0.140. The summed E-state index contributed by atoms with van der Waals surface area (Å²) in [5.74, 6) is -1.03. The molecule has 0 aliphatic carbocycles. The van der Waals surface area contributed by atoms with Gasteiger partial charge in [0.2, 0.25) is 0 Å². The highest BCUT2D eigenvalue weighted by Crippen LogP contribution is 2.20. The van der Waals surface area contributed by atoms with Gasteiger partial charge in [-0.1, -0.05) is 0 Å². The van der Waals surface area contributed by atoms with Gasteiger partial charge < -0.3 is 19.9 Å². The smallest absolute Gasteiger partial charge is 0.176 e. The van der Waals surface area contributed by atoms with Crippen LogP contribution < -0.4 is 5.32 Å². The monoisotopic (exact) mass is 229 g/mol. The number of anilines is 1. The Kier molecular flexibility index (Phi) is 4.52. The zero-order valence-corrected chi connectivity index (χ0v) is 9.53. The first kappa shape index (κ1) is 12.7. The maximum Gasteiger partial charge on any atom is 0.176 e. The number of ether oxygens (including phenoxy) is 2. The van der Waals surface area contributed by atoms with Crippen molar-refractivity contribution in [3.05, 3.63) is 24.0 Å². The first-order valence-corrected chi connectivity index (χ1v) is 4.89. The second-order valence-corrected chi connectivity index (χ2v) is 3.44. The van der Waals surface area contributed by atoms with Gasteiger partial charge in [-0.3, -0.25) is 0 Å². The van der Waals surface area contributed by atoms with Gasteiger partial charge in [0.1, 0.15) is 0 Å². The summed E-state index contributed by atoms with van der Waals surface area (Å²) >= 11 is 0. The molecule has 5 heteroatoms. The quantitative estimate of drug-likeness (QED) is 0.598. The molecule has 0 radical (unpaired) electrons. The van der Waals surface area contributed by atoms with E-state index in [9.17, 15) is 4.39 Å². The number of hydrogen-bond donors (Lipinski definition) is 2. The van der Waals surface area contributed by atoms with Crippen LogP contribution in [-0.4, -0.2) is 31.7 Å². The fraction of sp³-hybridized carbons (Fsp3) is 0.455. The Morgan fingerprint density at radius 2 is 1.94 bits per heavy atom. The fourth-order valence-corrected chi connectivity index (χ4v) is 1.43. The number of hydrogen-bond acceptors (Lipinski definition) is 4. The highest BCUT2D eigenvalue weighted by atomic mass is 19.1. The summed E-state index contributed by atoms with van der Waals surface area (Å²) in [4.78, 5) is 0. The summed E-state index contributed by atoms with van der Waals surface area (Å²) in [6.07, 6.45) is -0.420. The van der Waals surface area contributed by atoms with Crippen LogP contribution in [-0.2, 0) is 9.47 Å². The molecule has 16 heavy (non-hydrogen) atoms. The van der Waals surface area contributed by atoms with Gasteiger partial charge in [-0.25, -0.2) is 4.39 Å². The van der Waals surface area contributed by atoms with Crippen LogP contribution in [0.3, 0.4) is 0 Å². The van der Waals surface area contributed by atoms with Gasteiger partial charge in [-0.05, 0) is 19.1 Å². The topological polar surface area (TPSA) is 50.7 Å². The predicted molar refractivity (Wildman–Crippen MR) is 59.0 cm³/mol. The highest BCUT2D eigenvalue weighted by Gasteiger charge is 2.15. The van der Waals surface area contributed by atoms with Gasteiger partial charge >= 0.3 is 0 Å². The number of rotatable bonds is 5. The first-order chi connectivity index (χ1) is 7.58. The molecule has 0 aromatic heterocycles. The molecule has 2 N–H and O–H groups in total. The molecular formula is C11H16FNO3. The number of methoxy groups -OCH3 is 2. The lowest BCUT2D eigenvalue weighted by Gasteiger charge is -2.23. The number of phenolic OH excluding ortho intramolecular Hbond substituents is 1. The van der Waals surface area contributed by atoms with Crippen molar-refractivity contribution in [1.82, 2.24) is 0 Å². The van der Waals surface area contributed by atoms with Crippen molar-refractivity contribution < 1.29 is 19.0 Å². The molecule has 0 saturated carbocycles. The SMILES string of the molecule is COC(OC)C(C)Nc1ccc(O)c(F)c1. The Balaban J connectivity index is 2.69. The Hall–Kier alpha value is -1.33. The highest BCUT2D eigenvalue weighted by molar-refractivity contribution is 5.47. The average molecular weight is 229 g/mol. The molecule has 0 bridgehead atoms. The Labute approximate surface area is 94.0 Å². The number of aromatic hydroxyl groups is 1. The van der Waals surface area contributed by atoms with Gasteiger partial charge in [0.15, 0.2) is 17.9 Å². The van der Waals surface area contributed by atoms with Crippen LogP contribution in [0.25, 0.3) is 0 Å². The van der Waals surface area contributed by atoms with Crippen molar-refractivity contribution in [2.24, 2.45) is 0 Å². The van der Waals surface area contributed by atoms with E-state index in [1.807, 2.05) is 6.92 Å². The van der Waals surface area contributed by atoms with Crippen molar-refractivity contribution in [2.45, 2.75) is 19.3 Å². The van der Waals surface area contributed by atoms with Crippen LogP contribution in [0, 0.1) is 5.82 Å². The maximum atomic E-state index is 13.0. The molecule has 0 aliphatic rings. The van der Waals surface area contributed by atoms with Crippen molar-refractivity contribution in [1.29, 1.82) is 0 Å². The van der Waals surface area contributed by atoms with Crippen LogP contribution >= 0.6 is 0 Å². The Bertz CT molecular complexity index is 342. The summed E-state index contributed by atoms with van der Waals surface area (Å²) in [7, 11) is 3.06.